The summed E-state index contributed by atoms with van der Waals surface area (Å²) in [6.45, 7) is 2.99. The summed E-state index contributed by atoms with van der Waals surface area (Å²) < 4.78 is 7.52. The summed E-state index contributed by atoms with van der Waals surface area (Å²) in [7, 11) is 1.64. The number of likely N-dealkylation sites (tertiary alicyclic amines) is 1. The molecule has 2 amide bonds. The van der Waals surface area contributed by atoms with Gasteiger partial charge in [0.15, 0.2) is 0 Å². The van der Waals surface area contributed by atoms with E-state index in [1.54, 1.807) is 18.4 Å². The maximum absolute atomic E-state index is 12.5. The molecule has 2 aromatic heterocycles. The highest BCUT2D eigenvalue weighted by molar-refractivity contribution is 7.10. The fourth-order valence-electron chi connectivity index (χ4n) is 4.08. The predicted molar refractivity (Wildman–Crippen MR) is 106 cm³/mol. The van der Waals surface area contributed by atoms with Gasteiger partial charge in [-0.15, -0.1) is 11.3 Å². The predicted octanol–water partition coefficient (Wildman–Crippen LogP) is 1.71. The van der Waals surface area contributed by atoms with Crippen LogP contribution in [-0.4, -0.2) is 53.2 Å². The number of nitrogens with zero attached hydrogens (tertiary/aromatic N) is 3. The number of rotatable bonds is 5. The van der Waals surface area contributed by atoms with Gasteiger partial charge in [0.1, 0.15) is 6.54 Å². The van der Waals surface area contributed by atoms with Crippen LogP contribution in [0.25, 0.3) is 0 Å². The normalized spacial score (nSPS) is 17.4. The zero-order valence-corrected chi connectivity index (χ0v) is 17.0. The van der Waals surface area contributed by atoms with E-state index in [9.17, 15) is 9.59 Å². The van der Waals surface area contributed by atoms with Gasteiger partial charge in [-0.3, -0.25) is 14.3 Å². The number of ether oxygens (including phenoxy) is 1. The molecule has 0 aromatic carbocycles. The van der Waals surface area contributed by atoms with Crippen LogP contribution in [0.5, 0.6) is 0 Å². The Kier molecular flexibility index (Phi) is 5.77. The Balaban J connectivity index is 1.44. The van der Waals surface area contributed by atoms with Crippen LogP contribution in [0, 0.1) is 0 Å². The Morgan fingerprint density at radius 2 is 2.18 bits per heavy atom. The van der Waals surface area contributed by atoms with Crippen LogP contribution in [0.3, 0.4) is 0 Å². The van der Waals surface area contributed by atoms with E-state index in [2.05, 4.69) is 5.32 Å². The topological polar surface area (TPSA) is 76.5 Å². The quantitative estimate of drug-likeness (QED) is 0.826. The van der Waals surface area contributed by atoms with E-state index < -0.39 is 0 Å². The average Bonchev–Trinajstić information content (AvgIpc) is 3.36. The van der Waals surface area contributed by atoms with Crippen LogP contribution in [-0.2, 0) is 40.3 Å². The Morgan fingerprint density at radius 1 is 1.36 bits per heavy atom. The minimum absolute atomic E-state index is 0.0441. The molecule has 1 fully saturated rings. The first-order valence-corrected chi connectivity index (χ1v) is 10.7. The van der Waals surface area contributed by atoms with E-state index in [0.29, 0.717) is 25.6 Å². The SMILES string of the molecule is CNC(=O)Cn1nc(C2CCN(C(=O)Cc3cccs3)CC2)c2c1CCOC2. The van der Waals surface area contributed by atoms with Crippen LogP contribution in [0.1, 0.15) is 40.6 Å². The van der Waals surface area contributed by atoms with Crippen LogP contribution in [0.4, 0.5) is 0 Å². The van der Waals surface area contributed by atoms with Gasteiger partial charge < -0.3 is 15.0 Å². The molecule has 8 heteroatoms. The molecule has 0 bridgehead atoms. The zero-order chi connectivity index (χ0) is 19.5. The largest absolute Gasteiger partial charge is 0.376 e. The number of nitrogens with one attached hydrogen (secondary N) is 1. The van der Waals surface area contributed by atoms with E-state index in [1.807, 2.05) is 27.1 Å². The molecule has 0 saturated carbocycles. The molecule has 2 aliphatic rings. The highest BCUT2D eigenvalue weighted by Gasteiger charge is 2.30. The fraction of sp³-hybridized carbons (Fsp3) is 0.550. The molecule has 7 nitrogen and oxygen atoms in total. The minimum Gasteiger partial charge on any atom is -0.376 e. The molecule has 4 rings (SSSR count). The maximum atomic E-state index is 12.5. The number of fused-ring (bicyclic) bond motifs is 1. The summed E-state index contributed by atoms with van der Waals surface area (Å²) in [5.74, 6) is 0.473. The van der Waals surface area contributed by atoms with Crippen molar-refractivity contribution in [1.82, 2.24) is 20.0 Å². The van der Waals surface area contributed by atoms with Crippen LogP contribution < -0.4 is 5.32 Å². The zero-order valence-electron chi connectivity index (χ0n) is 16.1. The average molecular weight is 403 g/mol. The van der Waals surface area contributed by atoms with E-state index in [1.165, 1.54) is 0 Å². The third-order valence-corrected chi connectivity index (χ3v) is 6.52. The number of carbonyl (C=O) groups excluding carboxylic acids is 2. The maximum Gasteiger partial charge on any atom is 0.241 e. The molecule has 0 radical (unpaired) electrons. The molecule has 28 heavy (non-hydrogen) atoms. The molecule has 2 aliphatic heterocycles. The first-order valence-electron chi connectivity index (χ1n) is 9.82. The van der Waals surface area contributed by atoms with Crippen molar-refractivity contribution in [1.29, 1.82) is 0 Å². The highest BCUT2D eigenvalue weighted by atomic mass is 32.1. The summed E-state index contributed by atoms with van der Waals surface area (Å²) in [4.78, 5) is 27.5. The molecule has 1 saturated heterocycles. The third kappa shape index (κ3) is 3.98. The third-order valence-electron chi connectivity index (χ3n) is 5.64. The Hall–Kier alpha value is -2.19. The number of hydrogen-bond acceptors (Lipinski definition) is 5. The number of amides is 2. The summed E-state index contributed by atoms with van der Waals surface area (Å²) in [5, 5.41) is 9.49. The lowest BCUT2D eigenvalue weighted by Crippen LogP contribution is -2.39. The molecule has 4 heterocycles. The van der Waals surface area contributed by atoms with Crippen LogP contribution >= 0.6 is 11.3 Å². The first-order chi connectivity index (χ1) is 13.7. The first kappa shape index (κ1) is 19.1. The lowest BCUT2D eigenvalue weighted by molar-refractivity contribution is -0.131. The number of hydrogen-bond donors (Lipinski definition) is 1. The number of thiophene rings is 1. The summed E-state index contributed by atoms with van der Waals surface area (Å²) in [6, 6.07) is 4.00. The van der Waals surface area contributed by atoms with Crippen LogP contribution in [0.15, 0.2) is 17.5 Å². The van der Waals surface area contributed by atoms with Gasteiger partial charge in [-0.05, 0) is 24.3 Å². The van der Waals surface area contributed by atoms with Crippen LogP contribution in [0.2, 0.25) is 0 Å². The minimum atomic E-state index is -0.0441. The van der Waals surface area contributed by atoms with Gasteiger partial charge in [-0.1, -0.05) is 6.07 Å². The lowest BCUT2D eigenvalue weighted by Gasteiger charge is -2.32. The highest BCUT2D eigenvalue weighted by Crippen LogP contribution is 2.33. The van der Waals surface area contributed by atoms with E-state index in [0.717, 1.165) is 54.2 Å². The van der Waals surface area contributed by atoms with Gasteiger partial charge in [0.05, 0.1) is 25.3 Å². The Morgan fingerprint density at radius 3 is 2.89 bits per heavy atom. The number of likely N-dealkylation sites (N-methyl/N-ethyl adjacent to an activating group) is 1. The molecular formula is C20H26N4O3S. The van der Waals surface area contributed by atoms with Gasteiger partial charge in [0.2, 0.25) is 11.8 Å². The molecule has 0 unspecified atom stereocenters. The summed E-state index contributed by atoms with van der Waals surface area (Å²) in [5.41, 5.74) is 3.34. The lowest BCUT2D eigenvalue weighted by atomic mass is 9.90. The van der Waals surface area contributed by atoms with E-state index in [4.69, 9.17) is 9.84 Å². The summed E-state index contributed by atoms with van der Waals surface area (Å²) in [6.07, 6.45) is 3.09. The molecule has 2 aromatic rings. The molecule has 0 aliphatic carbocycles. The van der Waals surface area contributed by atoms with Gasteiger partial charge in [0.25, 0.3) is 0 Å². The smallest absolute Gasteiger partial charge is 0.241 e. The molecule has 0 spiro atoms. The molecule has 150 valence electrons. The number of piperidine rings is 1. The number of carbonyl (C=O) groups is 2. The van der Waals surface area contributed by atoms with E-state index >= 15 is 0 Å². The fourth-order valence-corrected chi connectivity index (χ4v) is 4.78. The molecule has 0 atom stereocenters. The Bertz CT molecular complexity index is 838. The van der Waals surface area contributed by atoms with Gasteiger partial charge >= 0.3 is 0 Å². The van der Waals surface area contributed by atoms with Gasteiger partial charge in [-0.25, -0.2) is 0 Å². The second-order valence-corrected chi connectivity index (χ2v) is 8.39. The monoisotopic (exact) mass is 402 g/mol. The van der Waals surface area contributed by atoms with Crippen molar-refractivity contribution in [3.63, 3.8) is 0 Å². The van der Waals surface area contributed by atoms with Crippen molar-refractivity contribution < 1.29 is 14.3 Å². The second kappa shape index (κ2) is 8.45. The van der Waals surface area contributed by atoms with Crippen molar-refractivity contribution >= 4 is 23.2 Å². The standard InChI is InChI=1S/C20H26N4O3S/c1-21-18(25)12-24-17-6-9-27-13-16(17)20(22-24)14-4-7-23(8-5-14)19(26)11-15-3-2-10-28-15/h2-3,10,14H,4-9,11-13H2,1H3,(H,21,25). The second-order valence-electron chi connectivity index (χ2n) is 7.36. The van der Waals surface area contributed by atoms with Crippen molar-refractivity contribution in [2.75, 3.05) is 26.7 Å². The Labute approximate surface area is 168 Å². The van der Waals surface area contributed by atoms with E-state index in [-0.39, 0.29) is 18.4 Å². The van der Waals surface area contributed by atoms with Crippen molar-refractivity contribution in [3.05, 3.63) is 39.3 Å². The van der Waals surface area contributed by atoms with Crippen molar-refractivity contribution in [2.24, 2.45) is 0 Å². The van der Waals surface area contributed by atoms with Crippen molar-refractivity contribution in [3.8, 4) is 0 Å². The molecular weight excluding hydrogens is 376 g/mol. The van der Waals surface area contributed by atoms with Gasteiger partial charge in [0, 0.05) is 48.6 Å². The van der Waals surface area contributed by atoms with Crippen molar-refractivity contribution in [2.45, 2.75) is 44.8 Å². The number of aromatic nitrogens is 2. The summed E-state index contributed by atoms with van der Waals surface area (Å²) >= 11 is 1.63. The molecule has 1 N–H and O–H groups in total. The van der Waals surface area contributed by atoms with Gasteiger partial charge in [-0.2, -0.15) is 5.10 Å².